The van der Waals surface area contributed by atoms with Crippen LogP contribution < -0.4 is 5.32 Å². The van der Waals surface area contributed by atoms with E-state index in [1.165, 1.54) is 16.8 Å². The minimum Gasteiger partial charge on any atom is -0.377 e. The second kappa shape index (κ2) is 4.66. The Balaban J connectivity index is 2.17. The van der Waals surface area contributed by atoms with Crippen molar-refractivity contribution in [2.45, 2.75) is 26.8 Å². The van der Waals surface area contributed by atoms with Gasteiger partial charge in [-0.3, -0.25) is 0 Å². The zero-order chi connectivity index (χ0) is 11.5. The second-order valence-electron chi connectivity index (χ2n) is 4.10. The minimum atomic E-state index is 0.256. The number of aromatic nitrogens is 1. The van der Waals surface area contributed by atoms with Gasteiger partial charge in [0.2, 0.25) is 0 Å². The lowest BCUT2D eigenvalue weighted by molar-refractivity contribution is 0.848. The van der Waals surface area contributed by atoms with E-state index in [1.807, 2.05) is 5.51 Å². The van der Waals surface area contributed by atoms with Crippen molar-refractivity contribution < 1.29 is 0 Å². The fraction of sp³-hybridized carbons (Fsp3) is 0.308. The third-order valence-electron chi connectivity index (χ3n) is 2.66. The first kappa shape index (κ1) is 11.1. The zero-order valence-electron chi connectivity index (χ0n) is 9.82. The Hall–Kier alpha value is -1.35. The summed E-state index contributed by atoms with van der Waals surface area (Å²) in [6, 6.07) is 6.71. The number of aryl methyl sites for hydroxylation is 2. The molecular formula is C13H16N2S. The van der Waals surface area contributed by atoms with Gasteiger partial charge in [-0.25, -0.2) is 4.98 Å². The quantitative estimate of drug-likeness (QED) is 0.867. The van der Waals surface area contributed by atoms with Gasteiger partial charge in [-0.05, 0) is 38.0 Å². The van der Waals surface area contributed by atoms with Crippen molar-refractivity contribution in [3.63, 3.8) is 0 Å². The molecule has 2 aromatic rings. The van der Waals surface area contributed by atoms with E-state index in [1.54, 1.807) is 11.3 Å². The lowest BCUT2D eigenvalue weighted by Crippen LogP contribution is -2.08. The van der Waals surface area contributed by atoms with Gasteiger partial charge in [0.05, 0.1) is 17.2 Å². The maximum absolute atomic E-state index is 4.32. The summed E-state index contributed by atoms with van der Waals surface area (Å²) in [5.41, 5.74) is 6.72. The number of hydrogen-bond donors (Lipinski definition) is 1. The molecule has 0 aliphatic rings. The number of hydrogen-bond acceptors (Lipinski definition) is 3. The second-order valence-corrected chi connectivity index (χ2v) is 4.82. The van der Waals surface area contributed by atoms with Gasteiger partial charge in [-0.2, -0.15) is 0 Å². The van der Waals surface area contributed by atoms with Crippen LogP contribution in [0.1, 0.15) is 29.8 Å². The van der Waals surface area contributed by atoms with E-state index >= 15 is 0 Å². The average Bonchev–Trinajstić information content (AvgIpc) is 2.76. The fourth-order valence-corrected chi connectivity index (χ4v) is 2.28. The Morgan fingerprint density at radius 1 is 1.31 bits per heavy atom. The van der Waals surface area contributed by atoms with E-state index in [0.29, 0.717) is 0 Å². The summed E-state index contributed by atoms with van der Waals surface area (Å²) in [5.74, 6) is 0. The summed E-state index contributed by atoms with van der Waals surface area (Å²) < 4.78 is 0. The molecular weight excluding hydrogens is 216 g/mol. The van der Waals surface area contributed by atoms with Crippen LogP contribution in [0.25, 0.3) is 0 Å². The average molecular weight is 232 g/mol. The fourth-order valence-electron chi connectivity index (χ4n) is 1.63. The third-order valence-corrected chi connectivity index (χ3v) is 3.26. The Morgan fingerprint density at radius 2 is 2.12 bits per heavy atom. The molecule has 0 aliphatic heterocycles. The Morgan fingerprint density at radius 3 is 2.81 bits per heavy atom. The van der Waals surface area contributed by atoms with Gasteiger partial charge in [0.1, 0.15) is 0 Å². The first-order valence-electron chi connectivity index (χ1n) is 5.38. The van der Waals surface area contributed by atoms with E-state index in [0.717, 1.165) is 5.69 Å². The molecule has 1 atom stereocenters. The molecule has 0 saturated carbocycles. The minimum absolute atomic E-state index is 0.256. The molecule has 1 aromatic carbocycles. The van der Waals surface area contributed by atoms with Gasteiger partial charge in [0, 0.05) is 11.1 Å². The van der Waals surface area contributed by atoms with Crippen LogP contribution in [0.3, 0.4) is 0 Å². The molecule has 3 heteroatoms. The van der Waals surface area contributed by atoms with Crippen molar-refractivity contribution in [3.8, 4) is 0 Å². The van der Waals surface area contributed by atoms with Crippen LogP contribution in [0.15, 0.2) is 29.1 Å². The molecule has 2 rings (SSSR count). The molecule has 1 aromatic heterocycles. The van der Waals surface area contributed by atoms with Gasteiger partial charge < -0.3 is 5.32 Å². The lowest BCUT2D eigenvalue weighted by Gasteiger charge is -2.15. The van der Waals surface area contributed by atoms with Crippen molar-refractivity contribution in [3.05, 3.63) is 45.9 Å². The van der Waals surface area contributed by atoms with Crippen molar-refractivity contribution >= 4 is 17.0 Å². The molecule has 16 heavy (non-hydrogen) atoms. The van der Waals surface area contributed by atoms with E-state index in [9.17, 15) is 0 Å². The predicted molar refractivity (Wildman–Crippen MR) is 70.1 cm³/mol. The lowest BCUT2D eigenvalue weighted by atomic mass is 10.1. The van der Waals surface area contributed by atoms with E-state index in [-0.39, 0.29) is 6.04 Å². The van der Waals surface area contributed by atoms with Crippen molar-refractivity contribution in [2.24, 2.45) is 0 Å². The summed E-state index contributed by atoms with van der Waals surface area (Å²) in [4.78, 5) is 4.32. The SMILES string of the molecule is Cc1ccc(C)c(NC(C)c2cscn2)c1. The molecule has 0 amide bonds. The zero-order valence-corrected chi connectivity index (χ0v) is 10.6. The van der Waals surface area contributed by atoms with Crippen LogP contribution >= 0.6 is 11.3 Å². The van der Waals surface area contributed by atoms with Crippen molar-refractivity contribution in [1.82, 2.24) is 4.98 Å². The van der Waals surface area contributed by atoms with Crippen LogP contribution in [0.2, 0.25) is 0 Å². The number of benzene rings is 1. The maximum atomic E-state index is 4.32. The van der Waals surface area contributed by atoms with Gasteiger partial charge in [-0.15, -0.1) is 11.3 Å². The monoisotopic (exact) mass is 232 g/mol. The van der Waals surface area contributed by atoms with Gasteiger partial charge in [-0.1, -0.05) is 12.1 Å². The van der Waals surface area contributed by atoms with Crippen LogP contribution in [-0.4, -0.2) is 4.98 Å². The topological polar surface area (TPSA) is 24.9 Å². The van der Waals surface area contributed by atoms with E-state index < -0.39 is 0 Å². The van der Waals surface area contributed by atoms with Crippen molar-refractivity contribution in [1.29, 1.82) is 0 Å². The van der Waals surface area contributed by atoms with Crippen LogP contribution in [0, 0.1) is 13.8 Å². The number of nitrogens with one attached hydrogen (secondary N) is 1. The predicted octanol–water partition coefficient (Wildman–Crippen LogP) is 3.93. The molecule has 1 heterocycles. The van der Waals surface area contributed by atoms with Gasteiger partial charge in [0.15, 0.2) is 0 Å². The summed E-state index contributed by atoms with van der Waals surface area (Å²) in [6.45, 7) is 6.37. The molecule has 0 saturated heterocycles. The smallest absolute Gasteiger partial charge is 0.0795 e. The molecule has 84 valence electrons. The summed E-state index contributed by atoms with van der Waals surface area (Å²) in [6.07, 6.45) is 0. The van der Waals surface area contributed by atoms with Crippen LogP contribution in [0.5, 0.6) is 0 Å². The largest absolute Gasteiger partial charge is 0.377 e. The first-order valence-corrected chi connectivity index (χ1v) is 6.33. The molecule has 0 bridgehead atoms. The third kappa shape index (κ3) is 2.42. The molecule has 0 aliphatic carbocycles. The normalized spacial score (nSPS) is 12.4. The highest BCUT2D eigenvalue weighted by atomic mass is 32.1. The van der Waals surface area contributed by atoms with Gasteiger partial charge in [0.25, 0.3) is 0 Å². The first-order chi connectivity index (χ1) is 7.66. The van der Waals surface area contributed by atoms with E-state index in [4.69, 9.17) is 0 Å². The maximum Gasteiger partial charge on any atom is 0.0795 e. The molecule has 1 N–H and O–H groups in total. The summed E-state index contributed by atoms with van der Waals surface area (Å²) >= 11 is 1.63. The molecule has 0 fully saturated rings. The summed E-state index contributed by atoms with van der Waals surface area (Å²) in [5, 5.41) is 5.58. The van der Waals surface area contributed by atoms with Crippen LogP contribution in [0.4, 0.5) is 5.69 Å². The molecule has 0 spiro atoms. The Labute approximate surface area is 100 Å². The summed E-state index contributed by atoms with van der Waals surface area (Å²) in [7, 11) is 0. The van der Waals surface area contributed by atoms with Crippen molar-refractivity contribution in [2.75, 3.05) is 5.32 Å². The van der Waals surface area contributed by atoms with E-state index in [2.05, 4.69) is 54.7 Å². The highest BCUT2D eigenvalue weighted by Gasteiger charge is 2.08. The molecule has 1 unspecified atom stereocenters. The number of anilines is 1. The Kier molecular flexibility index (Phi) is 3.25. The number of rotatable bonds is 3. The Bertz CT molecular complexity index is 463. The highest BCUT2D eigenvalue weighted by Crippen LogP contribution is 2.22. The highest BCUT2D eigenvalue weighted by molar-refractivity contribution is 7.07. The standard InChI is InChI=1S/C13H16N2S/c1-9-4-5-10(2)12(6-9)15-11(3)13-7-16-8-14-13/h4-8,11,15H,1-3H3. The van der Waals surface area contributed by atoms with Crippen LogP contribution in [-0.2, 0) is 0 Å². The molecule has 0 radical (unpaired) electrons. The van der Waals surface area contributed by atoms with Gasteiger partial charge >= 0.3 is 0 Å². The number of thiazole rings is 1. The molecule has 2 nitrogen and oxygen atoms in total. The number of nitrogens with zero attached hydrogens (tertiary/aromatic N) is 1.